The molecule has 0 radical (unpaired) electrons. The van der Waals surface area contributed by atoms with Gasteiger partial charge in [-0.2, -0.15) is 0 Å². The van der Waals surface area contributed by atoms with Crippen LogP contribution in [0.4, 0.5) is 0 Å². The number of rotatable bonds is 10. The maximum atomic E-state index is 10.9. The Morgan fingerprint density at radius 1 is 1.04 bits per heavy atom. The average Bonchev–Trinajstić information content (AvgIpc) is 2.73. The highest BCUT2D eigenvalue weighted by molar-refractivity contribution is 5.87. The van der Waals surface area contributed by atoms with Crippen molar-refractivity contribution in [3.63, 3.8) is 0 Å². The SMILES string of the molecule is CCCCCCCN1CCN(C[C@@H](O)c2ccnc3c(OC)cccc23)CC1. The van der Waals surface area contributed by atoms with Gasteiger partial charge < -0.3 is 14.7 Å². The van der Waals surface area contributed by atoms with Crippen LogP contribution in [-0.4, -0.2) is 66.3 Å². The fraction of sp³-hybridized carbons (Fsp3) is 0.609. The van der Waals surface area contributed by atoms with E-state index in [1.165, 1.54) is 38.6 Å². The van der Waals surface area contributed by atoms with Gasteiger partial charge in [0, 0.05) is 44.3 Å². The summed E-state index contributed by atoms with van der Waals surface area (Å²) in [5.74, 6) is 0.749. The van der Waals surface area contributed by atoms with E-state index in [0.29, 0.717) is 6.54 Å². The number of unbranched alkanes of at least 4 members (excludes halogenated alkanes) is 4. The number of nitrogens with zero attached hydrogens (tertiary/aromatic N) is 3. The van der Waals surface area contributed by atoms with E-state index in [0.717, 1.165) is 48.4 Å². The maximum Gasteiger partial charge on any atom is 0.145 e. The van der Waals surface area contributed by atoms with Crippen molar-refractivity contribution in [3.05, 3.63) is 36.0 Å². The smallest absolute Gasteiger partial charge is 0.145 e. The molecule has 2 heterocycles. The van der Waals surface area contributed by atoms with Crippen LogP contribution in [-0.2, 0) is 0 Å². The zero-order valence-corrected chi connectivity index (χ0v) is 17.4. The number of methoxy groups -OCH3 is 1. The molecule has 1 aromatic heterocycles. The van der Waals surface area contributed by atoms with Crippen LogP contribution in [0.5, 0.6) is 5.75 Å². The Morgan fingerprint density at radius 3 is 2.54 bits per heavy atom. The van der Waals surface area contributed by atoms with Crippen LogP contribution in [0.25, 0.3) is 10.9 Å². The highest BCUT2D eigenvalue weighted by atomic mass is 16.5. The molecule has 5 nitrogen and oxygen atoms in total. The summed E-state index contributed by atoms with van der Waals surface area (Å²) in [6.07, 6.45) is 7.95. The van der Waals surface area contributed by atoms with Crippen LogP contribution in [0.1, 0.15) is 50.7 Å². The van der Waals surface area contributed by atoms with E-state index in [1.807, 2.05) is 24.3 Å². The van der Waals surface area contributed by atoms with E-state index < -0.39 is 6.10 Å². The summed E-state index contributed by atoms with van der Waals surface area (Å²) in [5.41, 5.74) is 1.75. The number of β-amino-alcohol motifs (C(OH)–C–C–N with tert-alkyl or cyclic N) is 1. The molecule has 5 heteroatoms. The van der Waals surface area contributed by atoms with Crippen molar-refractivity contribution in [2.24, 2.45) is 0 Å². The lowest BCUT2D eigenvalue weighted by atomic mass is 10.0. The third-order valence-corrected chi connectivity index (χ3v) is 5.82. The van der Waals surface area contributed by atoms with Crippen molar-refractivity contribution in [2.75, 3.05) is 46.4 Å². The predicted octanol–water partition coefficient (Wildman–Crippen LogP) is 3.86. The van der Waals surface area contributed by atoms with Crippen molar-refractivity contribution in [3.8, 4) is 5.75 Å². The lowest BCUT2D eigenvalue weighted by molar-refractivity contribution is 0.0726. The third-order valence-electron chi connectivity index (χ3n) is 5.82. The van der Waals surface area contributed by atoms with Gasteiger partial charge in [-0.1, -0.05) is 44.7 Å². The minimum atomic E-state index is -0.516. The van der Waals surface area contributed by atoms with Crippen molar-refractivity contribution in [2.45, 2.75) is 45.1 Å². The fourth-order valence-corrected chi connectivity index (χ4v) is 4.10. The van der Waals surface area contributed by atoms with Crippen molar-refractivity contribution < 1.29 is 9.84 Å². The number of hydrogen-bond acceptors (Lipinski definition) is 5. The highest BCUT2D eigenvalue weighted by Crippen LogP contribution is 2.29. The summed E-state index contributed by atoms with van der Waals surface area (Å²) in [5, 5.41) is 11.9. The van der Waals surface area contributed by atoms with E-state index >= 15 is 0 Å². The number of aliphatic hydroxyl groups is 1. The highest BCUT2D eigenvalue weighted by Gasteiger charge is 2.21. The number of para-hydroxylation sites is 1. The predicted molar refractivity (Wildman–Crippen MR) is 115 cm³/mol. The molecule has 28 heavy (non-hydrogen) atoms. The lowest BCUT2D eigenvalue weighted by Crippen LogP contribution is -2.47. The second kappa shape index (κ2) is 10.7. The fourth-order valence-electron chi connectivity index (χ4n) is 4.10. The first-order chi connectivity index (χ1) is 13.7. The van der Waals surface area contributed by atoms with E-state index in [-0.39, 0.29) is 0 Å². The average molecular weight is 386 g/mol. The molecule has 0 bridgehead atoms. The number of pyridine rings is 1. The molecule has 154 valence electrons. The van der Waals surface area contributed by atoms with Gasteiger partial charge in [-0.05, 0) is 30.7 Å². The molecule has 3 rings (SSSR count). The second-order valence-electron chi connectivity index (χ2n) is 7.83. The molecule has 0 aliphatic carbocycles. The van der Waals surface area contributed by atoms with Crippen LogP contribution in [0.3, 0.4) is 0 Å². The number of hydrogen-bond donors (Lipinski definition) is 1. The standard InChI is InChI=1S/C23H35N3O2/c1-3-4-5-6-7-13-25-14-16-26(17-15-25)18-21(27)19-11-12-24-23-20(19)9-8-10-22(23)28-2/h8-12,21,27H,3-7,13-18H2,1-2H3/t21-/m1/s1. The van der Waals surface area contributed by atoms with Gasteiger partial charge >= 0.3 is 0 Å². The van der Waals surface area contributed by atoms with Gasteiger partial charge in [0.2, 0.25) is 0 Å². The zero-order valence-electron chi connectivity index (χ0n) is 17.4. The number of aliphatic hydroxyl groups excluding tert-OH is 1. The lowest BCUT2D eigenvalue weighted by Gasteiger charge is -2.35. The molecule has 1 saturated heterocycles. The molecule has 0 spiro atoms. The summed E-state index contributed by atoms with van der Waals surface area (Å²) < 4.78 is 5.42. The molecule has 0 unspecified atom stereocenters. The molecule has 1 atom stereocenters. The summed E-state index contributed by atoms with van der Waals surface area (Å²) in [6, 6.07) is 7.81. The van der Waals surface area contributed by atoms with Crippen molar-refractivity contribution in [1.82, 2.24) is 14.8 Å². The van der Waals surface area contributed by atoms with Crippen LogP contribution in [0.15, 0.2) is 30.5 Å². The summed E-state index contributed by atoms with van der Waals surface area (Å²) >= 11 is 0. The van der Waals surface area contributed by atoms with Gasteiger partial charge in [-0.25, -0.2) is 0 Å². The molecule has 0 saturated carbocycles. The molecule has 1 aliphatic heterocycles. The molecular formula is C23H35N3O2. The van der Waals surface area contributed by atoms with Gasteiger partial charge in [0.1, 0.15) is 11.3 Å². The molecule has 0 amide bonds. The van der Waals surface area contributed by atoms with Gasteiger partial charge in [0.05, 0.1) is 13.2 Å². The minimum absolute atomic E-state index is 0.516. The van der Waals surface area contributed by atoms with E-state index in [4.69, 9.17) is 4.74 Å². The Morgan fingerprint density at radius 2 is 1.79 bits per heavy atom. The van der Waals surface area contributed by atoms with Gasteiger partial charge in [-0.3, -0.25) is 9.88 Å². The normalized spacial score (nSPS) is 17.1. The summed E-state index contributed by atoms with van der Waals surface area (Å²) in [4.78, 5) is 9.39. The Bertz CT molecular complexity index is 729. The Kier molecular flexibility index (Phi) is 8.07. The topological polar surface area (TPSA) is 48.8 Å². The molecular weight excluding hydrogens is 350 g/mol. The quantitative estimate of drug-likeness (QED) is 0.629. The molecule has 1 fully saturated rings. The first-order valence-electron chi connectivity index (χ1n) is 10.8. The van der Waals surface area contributed by atoms with E-state index in [2.05, 4.69) is 21.7 Å². The van der Waals surface area contributed by atoms with Gasteiger partial charge in [-0.15, -0.1) is 0 Å². The van der Waals surface area contributed by atoms with Crippen LogP contribution in [0, 0.1) is 0 Å². The number of ether oxygens (including phenoxy) is 1. The second-order valence-corrected chi connectivity index (χ2v) is 7.83. The van der Waals surface area contributed by atoms with E-state index in [1.54, 1.807) is 13.3 Å². The first kappa shape index (κ1) is 21.0. The largest absolute Gasteiger partial charge is 0.494 e. The molecule has 1 N–H and O–H groups in total. The number of aromatic nitrogens is 1. The van der Waals surface area contributed by atoms with Crippen molar-refractivity contribution >= 4 is 10.9 Å². The van der Waals surface area contributed by atoms with Crippen molar-refractivity contribution in [1.29, 1.82) is 0 Å². The van der Waals surface area contributed by atoms with Gasteiger partial charge in [0.15, 0.2) is 0 Å². The number of fused-ring (bicyclic) bond motifs is 1. The molecule has 1 aromatic carbocycles. The van der Waals surface area contributed by atoms with Gasteiger partial charge in [0.25, 0.3) is 0 Å². The Balaban J connectivity index is 1.51. The molecule has 2 aromatic rings. The minimum Gasteiger partial charge on any atom is -0.494 e. The Labute approximate surface area is 169 Å². The van der Waals surface area contributed by atoms with Crippen LogP contribution < -0.4 is 4.74 Å². The maximum absolute atomic E-state index is 10.9. The Hall–Kier alpha value is -1.69. The third kappa shape index (κ3) is 5.43. The van der Waals surface area contributed by atoms with Crippen LogP contribution in [0.2, 0.25) is 0 Å². The zero-order chi connectivity index (χ0) is 19.8. The number of benzene rings is 1. The first-order valence-corrected chi connectivity index (χ1v) is 10.8. The van der Waals surface area contributed by atoms with Crippen LogP contribution >= 0.6 is 0 Å². The summed E-state index contributed by atoms with van der Waals surface area (Å²) in [6.45, 7) is 8.40. The summed E-state index contributed by atoms with van der Waals surface area (Å²) in [7, 11) is 1.66. The van der Waals surface area contributed by atoms with E-state index in [9.17, 15) is 5.11 Å². The monoisotopic (exact) mass is 385 g/mol. The number of piperazine rings is 1. The molecule has 1 aliphatic rings.